The zero-order chi connectivity index (χ0) is 14.7. The van der Waals surface area contributed by atoms with Crippen molar-refractivity contribution in [2.45, 2.75) is 19.4 Å². The minimum absolute atomic E-state index is 0.126. The molecule has 0 bridgehead atoms. The maximum atomic E-state index is 13.4. The maximum Gasteiger partial charge on any atom is 0.124 e. The lowest BCUT2D eigenvalue weighted by atomic mass is 9.95. The molecule has 0 spiro atoms. The molecule has 2 aromatic carbocycles. The largest absolute Gasteiger partial charge is 0.313 e. The predicted molar refractivity (Wildman–Crippen MR) is 85.8 cm³/mol. The van der Waals surface area contributed by atoms with Crippen LogP contribution in [0.3, 0.4) is 0 Å². The van der Waals surface area contributed by atoms with Gasteiger partial charge in [0.2, 0.25) is 0 Å². The summed E-state index contributed by atoms with van der Waals surface area (Å²) >= 11 is 9.32. The zero-order valence-corrected chi connectivity index (χ0v) is 13.7. The lowest BCUT2D eigenvalue weighted by Gasteiger charge is -2.19. The molecule has 0 amide bonds. The predicted octanol–water partition coefficient (Wildman–Crippen LogP) is 5.05. The summed E-state index contributed by atoms with van der Waals surface area (Å²) < 4.78 is 14.2. The molecule has 4 heteroatoms. The number of likely N-dealkylation sites (N-methyl/N-ethyl adjacent to an activating group) is 1. The van der Waals surface area contributed by atoms with E-state index < -0.39 is 0 Å². The van der Waals surface area contributed by atoms with Crippen LogP contribution in [0.2, 0.25) is 5.02 Å². The Balaban J connectivity index is 2.28. The molecule has 0 aliphatic rings. The van der Waals surface area contributed by atoms with Crippen molar-refractivity contribution in [1.29, 1.82) is 0 Å². The van der Waals surface area contributed by atoms with E-state index in [9.17, 15) is 4.39 Å². The van der Waals surface area contributed by atoms with Gasteiger partial charge in [0, 0.05) is 15.5 Å². The topological polar surface area (TPSA) is 12.0 Å². The fraction of sp³-hybridized carbons (Fsp3) is 0.250. The minimum Gasteiger partial charge on any atom is -0.313 e. The van der Waals surface area contributed by atoms with Gasteiger partial charge in [0.25, 0.3) is 0 Å². The first-order valence-electron chi connectivity index (χ1n) is 6.38. The van der Waals surface area contributed by atoms with Gasteiger partial charge in [-0.3, -0.25) is 0 Å². The zero-order valence-electron chi connectivity index (χ0n) is 11.4. The Morgan fingerprint density at radius 1 is 1.25 bits per heavy atom. The van der Waals surface area contributed by atoms with E-state index in [2.05, 4.69) is 21.2 Å². The van der Waals surface area contributed by atoms with Crippen LogP contribution >= 0.6 is 27.5 Å². The number of nitrogens with one attached hydrogen (secondary N) is 1. The van der Waals surface area contributed by atoms with Crippen molar-refractivity contribution in [1.82, 2.24) is 5.32 Å². The summed E-state index contributed by atoms with van der Waals surface area (Å²) in [6.45, 7) is 2.03. The highest BCUT2D eigenvalue weighted by Crippen LogP contribution is 2.25. The second-order valence-corrected chi connectivity index (χ2v) is 6.18. The molecule has 0 aliphatic heterocycles. The van der Waals surface area contributed by atoms with E-state index in [-0.39, 0.29) is 11.9 Å². The van der Waals surface area contributed by atoms with E-state index in [1.54, 1.807) is 6.07 Å². The van der Waals surface area contributed by atoms with Crippen molar-refractivity contribution in [3.8, 4) is 0 Å². The molecule has 20 heavy (non-hydrogen) atoms. The molecule has 0 heterocycles. The Labute approximate surface area is 132 Å². The molecule has 1 unspecified atom stereocenters. The van der Waals surface area contributed by atoms with Gasteiger partial charge in [0.15, 0.2) is 0 Å². The second kappa shape index (κ2) is 6.70. The van der Waals surface area contributed by atoms with Crippen LogP contribution in [0.4, 0.5) is 4.39 Å². The Kier molecular flexibility index (Phi) is 5.19. The molecule has 0 fully saturated rings. The van der Waals surface area contributed by atoms with Crippen LogP contribution in [0.5, 0.6) is 0 Å². The normalized spacial score (nSPS) is 12.4. The van der Waals surface area contributed by atoms with Gasteiger partial charge in [0.05, 0.1) is 0 Å². The van der Waals surface area contributed by atoms with Gasteiger partial charge in [-0.15, -0.1) is 0 Å². The standard InChI is InChI=1S/C16H16BrClFN/c1-10-5-13(18)3-4-15(10)16(20-2)8-11-6-12(17)9-14(19)7-11/h3-7,9,16,20H,8H2,1-2H3. The van der Waals surface area contributed by atoms with Gasteiger partial charge >= 0.3 is 0 Å². The number of hydrogen-bond acceptors (Lipinski definition) is 1. The summed E-state index contributed by atoms with van der Waals surface area (Å²) in [5.74, 6) is -0.225. The Morgan fingerprint density at radius 3 is 2.60 bits per heavy atom. The third-order valence-electron chi connectivity index (χ3n) is 3.32. The fourth-order valence-corrected chi connectivity index (χ4v) is 3.10. The van der Waals surface area contributed by atoms with Gasteiger partial charge in [-0.25, -0.2) is 4.39 Å². The van der Waals surface area contributed by atoms with Gasteiger partial charge in [-0.05, 0) is 67.4 Å². The highest BCUT2D eigenvalue weighted by molar-refractivity contribution is 9.10. The number of rotatable bonds is 4. The van der Waals surface area contributed by atoms with Crippen LogP contribution < -0.4 is 5.32 Å². The molecule has 0 saturated carbocycles. The van der Waals surface area contributed by atoms with Crippen molar-refractivity contribution in [2.24, 2.45) is 0 Å². The van der Waals surface area contributed by atoms with Crippen LogP contribution in [-0.4, -0.2) is 7.05 Å². The Hall–Kier alpha value is -0.900. The van der Waals surface area contributed by atoms with Crippen LogP contribution in [0.25, 0.3) is 0 Å². The van der Waals surface area contributed by atoms with Crippen LogP contribution in [0, 0.1) is 12.7 Å². The van der Waals surface area contributed by atoms with Crippen LogP contribution in [0.15, 0.2) is 40.9 Å². The highest BCUT2D eigenvalue weighted by Gasteiger charge is 2.13. The summed E-state index contributed by atoms with van der Waals surface area (Å²) in [5.41, 5.74) is 3.26. The van der Waals surface area contributed by atoms with Crippen molar-refractivity contribution in [3.63, 3.8) is 0 Å². The van der Waals surface area contributed by atoms with E-state index in [1.807, 2.05) is 38.2 Å². The third kappa shape index (κ3) is 3.81. The minimum atomic E-state index is -0.225. The Morgan fingerprint density at radius 2 is 2.00 bits per heavy atom. The van der Waals surface area contributed by atoms with Gasteiger partial charge in [-0.1, -0.05) is 33.6 Å². The summed E-state index contributed by atoms with van der Waals surface area (Å²) in [5, 5.41) is 4.02. The van der Waals surface area contributed by atoms with Crippen LogP contribution in [-0.2, 0) is 6.42 Å². The number of benzene rings is 2. The average Bonchev–Trinajstić information content (AvgIpc) is 2.35. The molecule has 2 rings (SSSR count). The second-order valence-electron chi connectivity index (χ2n) is 4.82. The average molecular weight is 357 g/mol. The molecule has 0 saturated heterocycles. The quantitative estimate of drug-likeness (QED) is 0.808. The molecule has 2 aromatic rings. The molecule has 1 nitrogen and oxygen atoms in total. The molecule has 0 aliphatic carbocycles. The molecule has 1 atom stereocenters. The molecular formula is C16H16BrClFN. The first kappa shape index (κ1) is 15.5. The molecule has 106 valence electrons. The van der Waals surface area contributed by atoms with E-state index in [4.69, 9.17) is 11.6 Å². The molecule has 1 N–H and O–H groups in total. The smallest absolute Gasteiger partial charge is 0.124 e. The number of hydrogen-bond donors (Lipinski definition) is 1. The lowest BCUT2D eigenvalue weighted by Crippen LogP contribution is -2.19. The monoisotopic (exact) mass is 355 g/mol. The van der Waals surface area contributed by atoms with E-state index >= 15 is 0 Å². The summed E-state index contributed by atoms with van der Waals surface area (Å²) in [6, 6.07) is 11.0. The third-order valence-corrected chi connectivity index (χ3v) is 4.01. The van der Waals surface area contributed by atoms with Crippen molar-refractivity contribution in [3.05, 3.63) is 68.4 Å². The fourth-order valence-electron chi connectivity index (χ4n) is 2.36. The van der Waals surface area contributed by atoms with Crippen LogP contribution in [0.1, 0.15) is 22.7 Å². The number of aryl methyl sites for hydroxylation is 1. The van der Waals surface area contributed by atoms with Gasteiger partial charge in [-0.2, -0.15) is 0 Å². The summed E-state index contributed by atoms with van der Waals surface area (Å²) in [4.78, 5) is 0. The SMILES string of the molecule is CNC(Cc1cc(F)cc(Br)c1)c1ccc(Cl)cc1C. The first-order chi connectivity index (χ1) is 9.49. The summed E-state index contributed by atoms with van der Waals surface area (Å²) in [6.07, 6.45) is 0.718. The molecule has 0 aromatic heterocycles. The van der Waals surface area contributed by atoms with E-state index in [0.717, 1.165) is 27.0 Å². The van der Waals surface area contributed by atoms with E-state index in [0.29, 0.717) is 0 Å². The number of halogens is 3. The molecular weight excluding hydrogens is 341 g/mol. The lowest BCUT2D eigenvalue weighted by molar-refractivity contribution is 0.581. The molecule has 0 radical (unpaired) electrons. The van der Waals surface area contributed by atoms with Crippen molar-refractivity contribution < 1.29 is 4.39 Å². The first-order valence-corrected chi connectivity index (χ1v) is 7.55. The van der Waals surface area contributed by atoms with Gasteiger partial charge < -0.3 is 5.32 Å². The maximum absolute atomic E-state index is 13.4. The Bertz CT molecular complexity index is 595. The summed E-state index contributed by atoms with van der Waals surface area (Å²) in [7, 11) is 1.91. The van der Waals surface area contributed by atoms with Crippen molar-refractivity contribution in [2.75, 3.05) is 7.05 Å². The van der Waals surface area contributed by atoms with Crippen molar-refractivity contribution >= 4 is 27.5 Å². The van der Waals surface area contributed by atoms with E-state index in [1.165, 1.54) is 11.6 Å². The highest BCUT2D eigenvalue weighted by atomic mass is 79.9. The van der Waals surface area contributed by atoms with Gasteiger partial charge in [0.1, 0.15) is 5.82 Å².